The van der Waals surface area contributed by atoms with Gasteiger partial charge in [0.2, 0.25) is 5.88 Å². The maximum Gasteiger partial charge on any atom is 0.241 e. The van der Waals surface area contributed by atoms with Crippen molar-refractivity contribution in [3.63, 3.8) is 0 Å². The van der Waals surface area contributed by atoms with Crippen molar-refractivity contribution in [2.75, 3.05) is 7.11 Å². The van der Waals surface area contributed by atoms with Crippen LogP contribution in [0.3, 0.4) is 0 Å². The van der Waals surface area contributed by atoms with Crippen LogP contribution >= 0.6 is 11.6 Å². The number of halogens is 1. The highest BCUT2D eigenvalue weighted by atomic mass is 35.5. The topological polar surface area (TPSA) is 77.9 Å². The maximum absolute atomic E-state index is 11.1. The van der Waals surface area contributed by atoms with E-state index in [1.165, 1.54) is 19.5 Å². The SMILES string of the molecule is COc1nccnc1-c1nc(C)nc(Cl)c1C=O. The second kappa shape index (κ2) is 5.05. The summed E-state index contributed by atoms with van der Waals surface area (Å²) in [5, 5.41) is 0.0835. The summed E-state index contributed by atoms with van der Waals surface area (Å²) in [6.07, 6.45) is 3.56. The van der Waals surface area contributed by atoms with Crippen LogP contribution in [0.2, 0.25) is 5.15 Å². The van der Waals surface area contributed by atoms with E-state index in [-0.39, 0.29) is 16.6 Å². The Balaban J connectivity index is 2.73. The first-order valence-corrected chi connectivity index (χ1v) is 5.40. The van der Waals surface area contributed by atoms with Gasteiger partial charge in [-0.15, -0.1) is 0 Å². The summed E-state index contributed by atoms with van der Waals surface area (Å²) in [6, 6.07) is 0. The third-order valence-corrected chi connectivity index (χ3v) is 2.50. The number of nitrogens with zero attached hydrogens (tertiary/aromatic N) is 4. The molecular weight excluding hydrogens is 256 g/mol. The number of ether oxygens (including phenoxy) is 1. The number of aryl methyl sites for hydroxylation is 1. The molecule has 0 aliphatic heterocycles. The van der Waals surface area contributed by atoms with Gasteiger partial charge in [-0.2, -0.15) is 0 Å². The lowest BCUT2D eigenvalue weighted by Crippen LogP contribution is -2.03. The Morgan fingerprint density at radius 2 is 1.94 bits per heavy atom. The molecule has 18 heavy (non-hydrogen) atoms. The molecule has 0 saturated heterocycles. The Kier molecular flexibility index (Phi) is 3.47. The van der Waals surface area contributed by atoms with E-state index in [0.717, 1.165) is 0 Å². The smallest absolute Gasteiger partial charge is 0.241 e. The summed E-state index contributed by atoms with van der Waals surface area (Å²) in [7, 11) is 1.46. The summed E-state index contributed by atoms with van der Waals surface area (Å²) in [5.74, 6) is 0.711. The average Bonchev–Trinajstić information content (AvgIpc) is 2.38. The van der Waals surface area contributed by atoms with E-state index in [4.69, 9.17) is 16.3 Å². The number of aromatic nitrogens is 4. The number of aldehydes is 1. The van der Waals surface area contributed by atoms with Crippen molar-refractivity contribution in [1.29, 1.82) is 0 Å². The molecule has 0 atom stereocenters. The van der Waals surface area contributed by atoms with Gasteiger partial charge in [0.15, 0.2) is 12.0 Å². The van der Waals surface area contributed by atoms with Crippen molar-refractivity contribution in [1.82, 2.24) is 19.9 Å². The maximum atomic E-state index is 11.1. The van der Waals surface area contributed by atoms with Crippen molar-refractivity contribution in [3.8, 4) is 17.3 Å². The van der Waals surface area contributed by atoms with Crippen LogP contribution in [0.1, 0.15) is 16.2 Å². The molecule has 2 aromatic rings. The van der Waals surface area contributed by atoms with Crippen LogP contribution in [0.4, 0.5) is 0 Å². The van der Waals surface area contributed by atoms with E-state index in [9.17, 15) is 4.79 Å². The number of carbonyl (C=O) groups is 1. The quantitative estimate of drug-likeness (QED) is 0.620. The zero-order chi connectivity index (χ0) is 13.1. The lowest BCUT2D eigenvalue weighted by Gasteiger charge is -2.08. The molecule has 0 spiro atoms. The lowest BCUT2D eigenvalue weighted by molar-refractivity contribution is 0.112. The molecule has 6 nitrogen and oxygen atoms in total. The minimum atomic E-state index is 0.0835. The van der Waals surface area contributed by atoms with Gasteiger partial charge in [0, 0.05) is 12.4 Å². The van der Waals surface area contributed by atoms with Crippen LogP contribution in [0, 0.1) is 6.92 Å². The summed E-state index contributed by atoms with van der Waals surface area (Å²) in [4.78, 5) is 27.3. The summed E-state index contributed by atoms with van der Waals surface area (Å²) < 4.78 is 5.09. The molecule has 0 aliphatic rings. The Labute approximate surface area is 108 Å². The Bertz CT molecular complexity index is 604. The van der Waals surface area contributed by atoms with E-state index in [1.54, 1.807) is 6.92 Å². The zero-order valence-corrected chi connectivity index (χ0v) is 10.5. The van der Waals surface area contributed by atoms with Crippen molar-refractivity contribution in [3.05, 3.63) is 28.9 Å². The van der Waals surface area contributed by atoms with Gasteiger partial charge in [-0.3, -0.25) is 4.79 Å². The Morgan fingerprint density at radius 1 is 1.22 bits per heavy atom. The van der Waals surface area contributed by atoms with Gasteiger partial charge in [-0.05, 0) is 6.92 Å². The van der Waals surface area contributed by atoms with Gasteiger partial charge in [-0.1, -0.05) is 11.6 Å². The number of hydrogen-bond donors (Lipinski definition) is 0. The normalized spacial score (nSPS) is 10.2. The molecule has 0 unspecified atom stereocenters. The predicted octanol–water partition coefficient (Wildman–Crippen LogP) is 1.72. The predicted molar refractivity (Wildman–Crippen MR) is 64.7 cm³/mol. The van der Waals surface area contributed by atoms with E-state index >= 15 is 0 Å². The molecule has 0 aromatic carbocycles. The number of carbonyl (C=O) groups excluding carboxylic acids is 1. The fraction of sp³-hybridized carbons (Fsp3) is 0.182. The van der Waals surface area contributed by atoms with Crippen LogP contribution in [0.5, 0.6) is 5.88 Å². The third-order valence-electron chi connectivity index (χ3n) is 2.21. The van der Waals surface area contributed by atoms with Gasteiger partial charge in [0.1, 0.15) is 16.7 Å². The van der Waals surface area contributed by atoms with Gasteiger partial charge in [0.05, 0.1) is 12.7 Å². The van der Waals surface area contributed by atoms with E-state index in [1.807, 2.05) is 0 Å². The van der Waals surface area contributed by atoms with Crippen LogP contribution in [-0.2, 0) is 0 Å². The highest BCUT2D eigenvalue weighted by molar-refractivity contribution is 6.32. The fourth-order valence-corrected chi connectivity index (χ4v) is 1.73. The van der Waals surface area contributed by atoms with Gasteiger partial charge >= 0.3 is 0 Å². The molecule has 2 aromatic heterocycles. The molecular formula is C11H9ClN4O2. The molecule has 0 fully saturated rings. The fourth-order valence-electron chi connectivity index (χ4n) is 1.47. The summed E-state index contributed by atoms with van der Waals surface area (Å²) in [5.41, 5.74) is 0.836. The highest BCUT2D eigenvalue weighted by Gasteiger charge is 2.18. The van der Waals surface area contributed by atoms with Crippen LogP contribution in [0.15, 0.2) is 12.4 Å². The molecule has 92 valence electrons. The molecule has 0 bridgehead atoms. The van der Waals surface area contributed by atoms with Gasteiger partial charge in [-0.25, -0.2) is 19.9 Å². The van der Waals surface area contributed by atoms with Crippen molar-refractivity contribution >= 4 is 17.9 Å². The lowest BCUT2D eigenvalue weighted by atomic mass is 10.2. The molecule has 7 heteroatoms. The van der Waals surface area contributed by atoms with Crippen molar-refractivity contribution in [2.45, 2.75) is 6.92 Å². The molecule has 0 radical (unpaired) electrons. The molecule has 2 rings (SSSR count). The second-order valence-corrected chi connectivity index (χ2v) is 3.71. The first-order valence-electron chi connectivity index (χ1n) is 5.02. The summed E-state index contributed by atoms with van der Waals surface area (Å²) >= 11 is 5.91. The number of methoxy groups -OCH3 is 1. The zero-order valence-electron chi connectivity index (χ0n) is 9.72. The molecule has 0 amide bonds. The first kappa shape index (κ1) is 12.4. The van der Waals surface area contributed by atoms with Gasteiger partial charge in [0.25, 0.3) is 0 Å². The highest BCUT2D eigenvalue weighted by Crippen LogP contribution is 2.28. The summed E-state index contributed by atoms with van der Waals surface area (Å²) in [6.45, 7) is 1.67. The number of hydrogen-bond acceptors (Lipinski definition) is 6. The molecule has 0 saturated carbocycles. The Morgan fingerprint density at radius 3 is 2.61 bits per heavy atom. The monoisotopic (exact) mass is 264 g/mol. The Hall–Kier alpha value is -2.08. The molecule has 0 N–H and O–H groups in total. The van der Waals surface area contributed by atoms with Gasteiger partial charge < -0.3 is 4.74 Å². The average molecular weight is 265 g/mol. The van der Waals surface area contributed by atoms with Crippen LogP contribution in [-0.4, -0.2) is 33.3 Å². The van der Waals surface area contributed by atoms with E-state index in [2.05, 4.69) is 19.9 Å². The molecule has 0 aliphatic carbocycles. The van der Waals surface area contributed by atoms with Crippen molar-refractivity contribution < 1.29 is 9.53 Å². The minimum absolute atomic E-state index is 0.0835. The first-order chi connectivity index (χ1) is 8.67. The van der Waals surface area contributed by atoms with Crippen molar-refractivity contribution in [2.24, 2.45) is 0 Å². The molecule has 2 heterocycles. The van der Waals surface area contributed by atoms with E-state index < -0.39 is 0 Å². The third kappa shape index (κ3) is 2.14. The van der Waals surface area contributed by atoms with E-state index in [0.29, 0.717) is 23.5 Å². The minimum Gasteiger partial charge on any atom is -0.479 e. The van der Waals surface area contributed by atoms with Crippen LogP contribution in [0.25, 0.3) is 11.4 Å². The number of rotatable bonds is 3. The standard InChI is InChI=1S/C11H9ClN4O2/c1-6-15-8(7(5-17)10(12)16-6)9-11(18-2)14-4-3-13-9/h3-5H,1-2H3. The van der Waals surface area contributed by atoms with Crippen LogP contribution < -0.4 is 4.74 Å². The largest absolute Gasteiger partial charge is 0.479 e. The second-order valence-electron chi connectivity index (χ2n) is 3.36.